The molecule has 0 saturated carbocycles. The van der Waals surface area contributed by atoms with Crippen LogP contribution in [0.25, 0.3) is 0 Å². The molecule has 0 fully saturated rings. The highest BCUT2D eigenvalue weighted by atomic mass is 16.3. The first kappa shape index (κ1) is 13.8. The molecule has 2 rings (SSSR count). The van der Waals surface area contributed by atoms with Gasteiger partial charge in [-0.05, 0) is 24.6 Å². The molecule has 1 atom stereocenters. The van der Waals surface area contributed by atoms with Crippen LogP contribution < -0.4 is 5.32 Å². The molecule has 102 valence electrons. The number of hydrogen-bond donors (Lipinski definition) is 2. The zero-order valence-corrected chi connectivity index (χ0v) is 11.5. The highest BCUT2D eigenvalue weighted by Crippen LogP contribution is 2.19. The largest absolute Gasteiger partial charge is 0.465 e. The summed E-state index contributed by atoms with van der Waals surface area (Å²) in [5.41, 5.74) is 0.0396. The molecular formula is C16H21NO2. The molecule has 0 radical (unpaired) electrons. The van der Waals surface area contributed by atoms with E-state index in [1.807, 2.05) is 49.4 Å². The Balaban J connectivity index is 1.88. The molecule has 3 heteroatoms. The maximum absolute atomic E-state index is 10.4. The molecule has 1 aromatic carbocycles. The van der Waals surface area contributed by atoms with Crippen LogP contribution in [0.1, 0.15) is 30.9 Å². The second kappa shape index (κ2) is 6.04. The van der Waals surface area contributed by atoms with Crippen LogP contribution in [0, 0.1) is 0 Å². The van der Waals surface area contributed by atoms with Gasteiger partial charge < -0.3 is 14.8 Å². The zero-order chi connectivity index (χ0) is 13.7. The normalized spacial score (nSPS) is 14.3. The van der Waals surface area contributed by atoms with Crippen molar-refractivity contribution in [3.05, 3.63) is 59.5 Å². The minimum absolute atomic E-state index is 0.485. The van der Waals surface area contributed by atoms with Gasteiger partial charge in [0, 0.05) is 13.0 Å². The summed E-state index contributed by atoms with van der Waals surface area (Å²) in [5, 5.41) is 13.7. The van der Waals surface area contributed by atoms with Gasteiger partial charge in [0.2, 0.25) is 0 Å². The van der Waals surface area contributed by atoms with Gasteiger partial charge in [0.25, 0.3) is 0 Å². The van der Waals surface area contributed by atoms with Crippen LogP contribution in [0.5, 0.6) is 0 Å². The number of rotatable bonds is 6. The molecule has 0 bridgehead atoms. The van der Waals surface area contributed by atoms with Crippen LogP contribution in [0.2, 0.25) is 0 Å². The summed E-state index contributed by atoms with van der Waals surface area (Å²) in [7, 11) is 0. The summed E-state index contributed by atoms with van der Waals surface area (Å²) in [5.74, 6) is 1.90. The lowest BCUT2D eigenvalue weighted by Crippen LogP contribution is -2.35. The van der Waals surface area contributed by atoms with Crippen molar-refractivity contribution in [2.75, 3.05) is 6.54 Å². The molecular weight excluding hydrogens is 238 g/mol. The fourth-order valence-corrected chi connectivity index (χ4v) is 2.04. The smallest absolute Gasteiger partial charge is 0.117 e. The lowest BCUT2D eigenvalue weighted by atomic mass is 9.96. The summed E-state index contributed by atoms with van der Waals surface area (Å²) < 4.78 is 5.61. The van der Waals surface area contributed by atoms with Gasteiger partial charge in [-0.3, -0.25) is 0 Å². The van der Waals surface area contributed by atoms with Crippen LogP contribution in [0.4, 0.5) is 0 Å². The van der Waals surface area contributed by atoms with Gasteiger partial charge in [-0.2, -0.15) is 0 Å². The third-order valence-corrected chi connectivity index (χ3v) is 3.23. The van der Waals surface area contributed by atoms with E-state index in [0.29, 0.717) is 13.1 Å². The van der Waals surface area contributed by atoms with Gasteiger partial charge in [-0.25, -0.2) is 0 Å². The van der Waals surface area contributed by atoms with E-state index in [4.69, 9.17) is 4.42 Å². The highest BCUT2D eigenvalue weighted by Gasteiger charge is 2.22. The lowest BCUT2D eigenvalue weighted by Gasteiger charge is -2.24. The maximum Gasteiger partial charge on any atom is 0.117 e. The molecule has 0 aliphatic carbocycles. The minimum Gasteiger partial charge on any atom is -0.465 e. The van der Waals surface area contributed by atoms with Crippen LogP contribution >= 0.6 is 0 Å². The number of aryl methyl sites for hydroxylation is 1. The topological polar surface area (TPSA) is 45.4 Å². The van der Waals surface area contributed by atoms with Crippen molar-refractivity contribution in [2.24, 2.45) is 0 Å². The number of furan rings is 1. The minimum atomic E-state index is -0.874. The maximum atomic E-state index is 10.4. The van der Waals surface area contributed by atoms with Gasteiger partial charge in [-0.15, -0.1) is 0 Å². The van der Waals surface area contributed by atoms with Crippen LogP contribution in [-0.2, 0) is 18.6 Å². The zero-order valence-electron chi connectivity index (χ0n) is 11.5. The van der Waals surface area contributed by atoms with Gasteiger partial charge in [0.15, 0.2) is 0 Å². The number of aliphatic hydroxyl groups is 1. The Kier molecular flexibility index (Phi) is 4.40. The molecule has 1 heterocycles. The van der Waals surface area contributed by atoms with E-state index in [1.54, 1.807) is 0 Å². The standard InChI is InChI=1S/C16H21NO2/c1-3-14-9-10-15(19-14)11-17-12-16(2,18)13-7-5-4-6-8-13/h4-10,17-18H,3,11-12H2,1-2H3. The van der Waals surface area contributed by atoms with Gasteiger partial charge in [0.1, 0.15) is 11.5 Å². The Bertz CT molecular complexity index is 502. The lowest BCUT2D eigenvalue weighted by molar-refractivity contribution is 0.0562. The Morgan fingerprint density at radius 2 is 1.79 bits per heavy atom. The number of benzene rings is 1. The monoisotopic (exact) mass is 259 g/mol. The molecule has 1 aromatic heterocycles. The first-order valence-electron chi connectivity index (χ1n) is 6.68. The van der Waals surface area contributed by atoms with Crippen LogP contribution in [0.3, 0.4) is 0 Å². The quantitative estimate of drug-likeness (QED) is 0.838. The van der Waals surface area contributed by atoms with E-state index in [2.05, 4.69) is 12.2 Å². The first-order chi connectivity index (χ1) is 9.12. The predicted molar refractivity (Wildman–Crippen MR) is 75.8 cm³/mol. The van der Waals surface area contributed by atoms with E-state index in [0.717, 1.165) is 23.5 Å². The van der Waals surface area contributed by atoms with Crippen LogP contribution in [0.15, 0.2) is 46.9 Å². The molecule has 0 saturated heterocycles. The van der Waals surface area contributed by atoms with E-state index in [9.17, 15) is 5.11 Å². The van der Waals surface area contributed by atoms with Gasteiger partial charge in [-0.1, -0.05) is 37.3 Å². The summed E-state index contributed by atoms with van der Waals surface area (Å²) in [6.07, 6.45) is 0.904. The van der Waals surface area contributed by atoms with Crippen molar-refractivity contribution in [2.45, 2.75) is 32.4 Å². The first-order valence-corrected chi connectivity index (χ1v) is 6.68. The van der Waals surface area contributed by atoms with E-state index >= 15 is 0 Å². The third-order valence-electron chi connectivity index (χ3n) is 3.23. The SMILES string of the molecule is CCc1ccc(CNCC(C)(O)c2ccccc2)o1. The molecule has 19 heavy (non-hydrogen) atoms. The van der Waals surface area contributed by atoms with E-state index in [1.165, 1.54) is 0 Å². The van der Waals surface area contributed by atoms with Crippen molar-refractivity contribution in [1.82, 2.24) is 5.32 Å². The third kappa shape index (κ3) is 3.69. The summed E-state index contributed by atoms with van der Waals surface area (Å²) in [6, 6.07) is 13.7. The van der Waals surface area contributed by atoms with Crippen molar-refractivity contribution in [3.63, 3.8) is 0 Å². The molecule has 0 aliphatic rings. The molecule has 2 aromatic rings. The van der Waals surface area contributed by atoms with Gasteiger partial charge >= 0.3 is 0 Å². The summed E-state index contributed by atoms with van der Waals surface area (Å²) in [4.78, 5) is 0. The average Bonchev–Trinajstić information content (AvgIpc) is 2.87. The fraction of sp³-hybridized carbons (Fsp3) is 0.375. The van der Waals surface area contributed by atoms with E-state index in [-0.39, 0.29) is 0 Å². The average molecular weight is 259 g/mol. The Morgan fingerprint density at radius 1 is 1.11 bits per heavy atom. The second-order valence-electron chi connectivity index (χ2n) is 4.97. The van der Waals surface area contributed by atoms with Crippen molar-refractivity contribution in [1.29, 1.82) is 0 Å². The van der Waals surface area contributed by atoms with Crippen LogP contribution in [-0.4, -0.2) is 11.7 Å². The molecule has 3 nitrogen and oxygen atoms in total. The Labute approximate surface area is 114 Å². The summed E-state index contributed by atoms with van der Waals surface area (Å²) in [6.45, 7) is 4.99. The molecule has 1 unspecified atom stereocenters. The predicted octanol–water partition coefficient (Wildman–Crippen LogP) is 2.84. The Morgan fingerprint density at radius 3 is 2.42 bits per heavy atom. The second-order valence-corrected chi connectivity index (χ2v) is 4.97. The fourth-order valence-electron chi connectivity index (χ4n) is 2.04. The van der Waals surface area contributed by atoms with Crippen molar-refractivity contribution in [3.8, 4) is 0 Å². The van der Waals surface area contributed by atoms with Crippen molar-refractivity contribution < 1.29 is 9.52 Å². The molecule has 0 aliphatic heterocycles. The molecule has 0 spiro atoms. The summed E-state index contributed by atoms with van der Waals surface area (Å²) >= 11 is 0. The van der Waals surface area contributed by atoms with Crippen molar-refractivity contribution >= 4 is 0 Å². The van der Waals surface area contributed by atoms with E-state index < -0.39 is 5.60 Å². The molecule has 2 N–H and O–H groups in total. The number of hydrogen-bond acceptors (Lipinski definition) is 3. The number of nitrogens with one attached hydrogen (secondary N) is 1. The Hall–Kier alpha value is -1.58. The van der Waals surface area contributed by atoms with Gasteiger partial charge in [0.05, 0.1) is 12.1 Å². The highest BCUT2D eigenvalue weighted by molar-refractivity contribution is 5.21. The molecule has 0 amide bonds.